The van der Waals surface area contributed by atoms with Crippen molar-refractivity contribution in [2.45, 2.75) is 6.42 Å². The zero-order valence-corrected chi connectivity index (χ0v) is 14.5. The minimum atomic E-state index is -0.0406. The van der Waals surface area contributed by atoms with Gasteiger partial charge in [0.2, 0.25) is 0 Å². The van der Waals surface area contributed by atoms with E-state index < -0.39 is 0 Å². The van der Waals surface area contributed by atoms with Crippen LogP contribution in [0.4, 0.5) is 5.13 Å². The molecule has 6 heteroatoms. The lowest BCUT2D eigenvalue weighted by Gasteiger charge is -2.10. The highest BCUT2D eigenvalue weighted by atomic mass is 32.1. The van der Waals surface area contributed by atoms with Crippen LogP contribution in [-0.2, 0) is 4.74 Å². The van der Waals surface area contributed by atoms with E-state index in [1.807, 2.05) is 36.4 Å². The topological polar surface area (TPSA) is 77.2 Å². The molecule has 0 unspecified atom stereocenters. The van der Waals surface area contributed by atoms with Crippen molar-refractivity contribution in [2.24, 2.45) is 5.92 Å². The molecule has 1 saturated heterocycles. The first-order chi connectivity index (χ1) is 12.2. The van der Waals surface area contributed by atoms with Crippen LogP contribution in [0.1, 0.15) is 16.8 Å². The number of anilines is 1. The molecule has 1 atom stereocenters. The third kappa shape index (κ3) is 3.50. The molecule has 1 fully saturated rings. The molecule has 3 N–H and O–H groups in total. The van der Waals surface area contributed by atoms with E-state index in [0.717, 1.165) is 41.0 Å². The molecule has 1 aliphatic heterocycles. The molecule has 0 bridgehead atoms. The Bertz CT molecular complexity index is 899. The highest BCUT2D eigenvalue weighted by Crippen LogP contribution is 2.29. The second kappa shape index (κ2) is 6.82. The van der Waals surface area contributed by atoms with Gasteiger partial charge in [-0.2, -0.15) is 0 Å². The van der Waals surface area contributed by atoms with Crippen LogP contribution < -0.4 is 11.1 Å². The van der Waals surface area contributed by atoms with Crippen molar-refractivity contribution in [3.8, 4) is 11.1 Å². The maximum absolute atomic E-state index is 12.3. The van der Waals surface area contributed by atoms with Crippen LogP contribution in [0, 0.1) is 5.92 Å². The highest BCUT2D eigenvalue weighted by Gasteiger charge is 2.16. The van der Waals surface area contributed by atoms with E-state index in [1.165, 1.54) is 11.3 Å². The number of carbonyl (C=O) groups is 1. The largest absolute Gasteiger partial charge is 0.381 e. The van der Waals surface area contributed by atoms with Crippen molar-refractivity contribution >= 4 is 32.6 Å². The van der Waals surface area contributed by atoms with Gasteiger partial charge in [0.1, 0.15) is 0 Å². The smallest absolute Gasteiger partial charge is 0.251 e. The van der Waals surface area contributed by atoms with Gasteiger partial charge in [0.25, 0.3) is 5.91 Å². The van der Waals surface area contributed by atoms with E-state index in [1.54, 1.807) is 0 Å². The summed E-state index contributed by atoms with van der Waals surface area (Å²) in [7, 11) is 0. The zero-order valence-electron chi connectivity index (χ0n) is 13.7. The lowest BCUT2D eigenvalue weighted by Crippen LogP contribution is -2.29. The third-order valence-electron chi connectivity index (χ3n) is 4.46. The molecule has 128 valence electrons. The van der Waals surface area contributed by atoms with Crippen molar-refractivity contribution < 1.29 is 9.53 Å². The van der Waals surface area contributed by atoms with E-state index in [4.69, 9.17) is 10.5 Å². The molecule has 2 heterocycles. The minimum absolute atomic E-state index is 0.0406. The number of rotatable bonds is 4. The predicted octanol–water partition coefficient (Wildman–Crippen LogP) is 3.31. The summed E-state index contributed by atoms with van der Waals surface area (Å²) in [4.78, 5) is 16.6. The van der Waals surface area contributed by atoms with Gasteiger partial charge in [-0.05, 0) is 41.8 Å². The first kappa shape index (κ1) is 16.1. The van der Waals surface area contributed by atoms with Crippen LogP contribution in [-0.4, -0.2) is 30.6 Å². The average molecular weight is 353 g/mol. The molecule has 0 spiro atoms. The van der Waals surface area contributed by atoms with Gasteiger partial charge in [-0.3, -0.25) is 4.79 Å². The Morgan fingerprint density at radius 3 is 2.80 bits per heavy atom. The number of nitrogens with two attached hydrogens (primary N) is 1. The van der Waals surface area contributed by atoms with Crippen molar-refractivity contribution in [1.29, 1.82) is 0 Å². The van der Waals surface area contributed by atoms with Gasteiger partial charge in [-0.25, -0.2) is 4.98 Å². The maximum atomic E-state index is 12.3. The number of hydrogen-bond donors (Lipinski definition) is 2. The molecule has 1 amide bonds. The highest BCUT2D eigenvalue weighted by molar-refractivity contribution is 7.22. The number of ether oxygens (including phenoxy) is 1. The van der Waals surface area contributed by atoms with Gasteiger partial charge in [-0.1, -0.05) is 29.5 Å². The van der Waals surface area contributed by atoms with Crippen molar-refractivity contribution in [3.05, 3.63) is 48.0 Å². The first-order valence-corrected chi connectivity index (χ1v) is 9.13. The van der Waals surface area contributed by atoms with Gasteiger partial charge in [-0.15, -0.1) is 0 Å². The third-order valence-corrected chi connectivity index (χ3v) is 5.33. The Kier molecular flexibility index (Phi) is 4.38. The van der Waals surface area contributed by atoms with E-state index in [9.17, 15) is 4.79 Å². The van der Waals surface area contributed by atoms with Gasteiger partial charge in [0.15, 0.2) is 5.13 Å². The number of hydrogen-bond acceptors (Lipinski definition) is 5. The fraction of sp³-hybridized carbons (Fsp3) is 0.263. The van der Waals surface area contributed by atoms with Gasteiger partial charge in [0, 0.05) is 24.6 Å². The molecule has 1 aromatic heterocycles. The number of nitrogen functional groups attached to an aromatic ring is 1. The molecule has 0 aliphatic carbocycles. The number of carbonyl (C=O) groups excluding carboxylic acids is 1. The van der Waals surface area contributed by atoms with E-state index >= 15 is 0 Å². The number of nitrogens with one attached hydrogen (secondary N) is 1. The summed E-state index contributed by atoms with van der Waals surface area (Å²) in [6, 6.07) is 13.7. The van der Waals surface area contributed by atoms with Gasteiger partial charge < -0.3 is 15.8 Å². The molecular formula is C19H19N3O2S. The van der Waals surface area contributed by atoms with E-state index in [0.29, 0.717) is 23.2 Å². The Morgan fingerprint density at radius 1 is 1.24 bits per heavy atom. The monoisotopic (exact) mass is 353 g/mol. The molecule has 4 rings (SSSR count). The van der Waals surface area contributed by atoms with Crippen LogP contribution in [0.25, 0.3) is 21.3 Å². The van der Waals surface area contributed by atoms with Gasteiger partial charge in [0.05, 0.1) is 16.8 Å². The van der Waals surface area contributed by atoms with E-state index in [-0.39, 0.29) is 5.91 Å². The van der Waals surface area contributed by atoms with Crippen LogP contribution in [0.5, 0.6) is 0 Å². The average Bonchev–Trinajstić information content (AvgIpc) is 3.27. The maximum Gasteiger partial charge on any atom is 0.251 e. The molecule has 3 aromatic rings. The summed E-state index contributed by atoms with van der Waals surface area (Å²) in [6.45, 7) is 2.20. The van der Waals surface area contributed by atoms with Gasteiger partial charge >= 0.3 is 0 Å². The second-order valence-corrected chi connectivity index (χ2v) is 7.31. The van der Waals surface area contributed by atoms with Crippen molar-refractivity contribution in [2.75, 3.05) is 25.5 Å². The molecule has 1 aliphatic rings. The van der Waals surface area contributed by atoms with Crippen LogP contribution in [0.2, 0.25) is 0 Å². The summed E-state index contributed by atoms with van der Waals surface area (Å²) < 4.78 is 6.41. The Labute approximate surface area is 149 Å². The van der Waals surface area contributed by atoms with Crippen LogP contribution in [0.3, 0.4) is 0 Å². The number of fused-ring (bicyclic) bond motifs is 1. The standard InChI is InChI=1S/C19H19N3O2S/c20-19-22-16-9-15(5-6-17(16)25-19)13-1-3-14(4-2-13)18(23)21-10-12-7-8-24-11-12/h1-6,9,12H,7-8,10-11H2,(H2,20,22)(H,21,23)/t12-/m1/s1. The lowest BCUT2D eigenvalue weighted by molar-refractivity contribution is 0.0945. The number of benzene rings is 2. The van der Waals surface area contributed by atoms with E-state index in [2.05, 4.69) is 16.4 Å². The number of amides is 1. The summed E-state index contributed by atoms with van der Waals surface area (Å²) in [5, 5.41) is 3.56. The normalized spacial score (nSPS) is 17.0. The SMILES string of the molecule is Nc1nc2cc(-c3ccc(C(=O)NC[C@H]4CCOC4)cc3)ccc2s1. The molecule has 25 heavy (non-hydrogen) atoms. The molecule has 0 radical (unpaired) electrons. The zero-order chi connectivity index (χ0) is 17.2. The van der Waals surface area contributed by atoms with Crippen molar-refractivity contribution in [1.82, 2.24) is 10.3 Å². The molecule has 2 aromatic carbocycles. The fourth-order valence-corrected chi connectivity index (χ4v) is 3.74. The van der Waals surface area contributed by atoms with Crippen molar-refractivity contribution in [3.63, 3.8) is 0 Å². The first-order valence-electron chi connectivity index (χ1n) is 8.31. The Balaban J connectivity index is 1.47. The Hall–Kier alpha value is -2.44. The van der Waals surface area contributed by atoms with Crippen LogP contribution >= 0.6 is 11.3 Å². The quantitative estimate of drug-likeness (QED) is 0.754. The molecule has 5 nitrogen and oxygen atoms in total. The second-order valence-electron chi connectivity index (χ2n) is 6.25. The number of thiazole rings is 1. The molecule has 0 saturated carbocycles. The molecular weight excluding hydrogens is 334 g/mol. The summed E-state index contributed by atoms with van der Waals surface area (Å²) in [5.74, 6) is 0.390. The number of aromatic nitrogens is 1. The number of nitrogens with zero attached hydrogens (tertiary/aromatic N) is 1. The summed E-state index contributed by atoms with van der Waals surface area (Å²) >= 11 is 1.48. The summed E-state index contributed by atoms with van der Waals surface area (Å²) in [5.41, 5.74) is 9.45. The minimum Gasteiger partial charge on any atom is -0.381 e. The fourth-order valence-electron chi connectivity index (χ4n) is 3.02. The predicted molar refractivity (Wildman–Crippen MR) is 101 cm³/mol. The summed E-state index contributed by atoms with van der Waals surface area (Å²) in [6.07, 6.45) is 1.02. The Morgan fingerprint density at radius 2 is 2.04 bits per heavy atom. The van der Waals surface area contributed by atoms with Crippen LogP contribution in [0.15, 0.2) is 42.5 Å². The lowest BCUT2D eigenvalue weighted by atomic mass is 10.0.